The summed E-state index contributed by atoms with van der Waals surface area (Å²) in [6.07, 6.45) is 0. The van der Waals surface area contributed by atoms with Crippen molar-refractivity contribution in [3.05, 3.63) is 85.7 Å². The van der Waals surface area contributed by atoms with Crippen LogP contribution in [0.5, 0.6) is 0 Å². The molecule has 1 aromatic heterocycles. The summed E-state index contributed by atoms with van der Waals surface area (Å²) >= 11 is 5.73. The second-order valence-corrected chi connectivity index (χ2v) is 10.7. The molecule has 0 atom stereocenters. The van der Waals surface area contributed by atoms with Crippen molar-refractivity contribution in [3.63, 3.8) is 0 Å². The van der Waals surface area contributed by atoms with Gasteiger partial charge in [0.2, 0.25) is 0 Å². The highest BCUT2D eigenvalue weighted by Crippen LogP contribution is 2.30. The lowest BCUT2D eigenvalue weighted by molar-refractivity contribution is 1.34. The van der Waals surface area contributed by atoms with Crippen molar-refractivity contribution in [1.29, 1.82) is 0 Å². The van der Waals surface area contributed by atoms with Crippen LogP contribution < -0.4 is 15.7 Å². The number of hydrogen-bond donors (Lipinski definition) is 0. The monoisotopic (exact) mass is 460 g/mol. The lowest BCUT2D eigenvalue weighted by Crippen LogP contribution is -2.55. The fourth-order valence-corrected chi connectivity index (χ4v) is 6.98. The van der Waals surface area contributed by atoms with Crippen LogP contribution in [0.25, 0.3) is 10.8 Å². The van der Waals surface area contributed by atoms with Crippen molar-refractivity contribution < 1.29 is 0 Å². The maximum atomic E-state index is 3.85. The van der Waals surface area contributed by atoms with E-state index in [1.54, 1.807) is 0 Å². The molecule has 29 heavy (non-hydrogen) atoms. The van der Waals surface area contributed by atoms with Gasteiger partial charge < -0.3 is 0 Å². The van der Waals surface area contributed by atoms with Crippen LogP contribution in [0, 0.1) is 41.5 Å². The van der Waals surface area contributed by atoms with Gasteiger partial charge in [-0.25, -0.2) is 0 Å². The SMILES string of the molecule is Cc1cc(C)c(B(c2c(C)cc(C)cc2C)c2sc(Br)c3ccccc23)c(C)c1. The summed E-state index contributed by atoms with van der Waals surface area (Å²) in [5, 5.41) is 2.66. The molecule has 0 spiro atoms. The van der Waals surface area contributed by atoms with Gasteiger partial charge in [-0.2, -0.15) is 0 Å². The quantitative estimate of drug-likeness (QED) is 0.327. The maximum Gasteiger partial charge on any atom is 0.255 e. The number of aryl methyl sites for hydroxylation is 6. The van der Waals surface area contributed by atoms with Crippen molar-refractivity contribution >= 4 is 60.5 Å². The number of hydrogen-bond acceptors (Lipinski definition) is 1. The summed E-state index contributed by atoms with van der Waals surface area (Å²) < 4.78 is 2.65. The summed E-state index contributed by atoms with van der Waals surface area (Å²) in [5.41, 5.74) is 11.1. The van der Waals surface area contributed by atoms with E-state index in [1.165, 1.54) is 63.6 Å². The first-order chi connectivity index (χ1) is 13.8. The first kappa shape index (κ1) is 20.4. The van der Waals surface area contributed by atoms with E-state index in [0.29, 0.717) is 0 Å². The normalized spacial score (nSPS) is 11.3. The number of rotatable bonds is 3. The van der Waals surface area contributed by atoms with E-state index in [2.05, 4.69) is 106 Å². The number of benzene rings is 3. The van der Waals surface area contributed by atoms with Crippen LogP contribution >= 0.6 is 27.3 Å². The highest BCUT2D eigenvalue weighted by Gasteiger charge is 2.31. The maximum absolute atomic E-state index is 3.85. The highest BCUT2D eigenvalue weighted by atomic mass is 79.9. The van der Waals surface area contributed by atoms with Crippen LogP contribution in [-0.2, 0) is 0 Å². The molecule has 0 N–H and O–H groups in total. The Morgan fingerprint density at radius 2 is 1.07 bits per heavy atom. The number of halogens is 1. The molecule has 0 radical (unpaired) electrons. The molecular formula is C26H26BBrS. The molecule has 4 rings (SSSR count). The van der Waals surface area contributed by atoms with Gasteiger partial charge in [0.25, 0.3) is 6.71 Å². The van der Waals surface area contributed by atoms with Crippen molar-refractivity contribution in [2.24, 2.45) is 0 Å². The van der Waals surface area contributed by atoms with E-state index in [0.717, 1.165) is 0 Å². The molecule has 0 aliphatic heterocycles. The molecule has 0 unspecified atom stereocenters. The van der Waals surface area contributed by atoms with E-state index < -0.39 is 0 Å². The zero-order chi connectivity index (χ0) is 20.9. The molecule has 0 amide bonds. The highest BCUT2D eigenvalue weighted by molar-refractivity contribution is 9.11. The third kappa shape index (κ3) is 3.60. The Morgan fingerprint density at radius 3 is 1.52 bits per heavy atom. The molecule has 3 aromatic carbocycles. The van der Waals surface area contributed by atoms with E-state index in [4.69, 9.17) is 0 Å². The van der Waals surface area contributed by atoms with Crippen molar-refractivity contribution in [1.82, 2.24) is 0 Å². The Bertz CT molecular complexity index is 1130. The van der Waals surface area contributed by atoms with Crippen LogP contribution in [0.2, 0.25) is 0 Å². The molecule has 0 aliphatic carbocycles. The zero-order valence-corrected chi connectivity index (χ0v) is 20.4. The van der Waals surface area contributed by atoms with Gasteiger partial charge in [-0.05, 0) is 67.6 Å². The van der Waals surface area contributed by atoms with Gasteiger partial charge >= 0.3 is 0 Å². The summed E-state index contributed by atoms with van der Waals surface area (Å²) in [4.78, 5) is 0. The van der Waals surface area contributed by atoms with Gasteiger partial charge in [0.05, 0.1) is 3.79 Å². The fourth-order valence-electron chi connectivity index (χ4n) is 4.99. The second kappa shape index (κ2) is 7.77. The predicted octanol–water partition coefficient (Wildman–Crippen LogP) is 6.03. The topological polar surface area (TPSA) is 0 Å². The molecule has 0 saturated heterocycles. The fraction of sp³-hybridized carbons (Fsp3) is 0.231. The van der Waals surface area contributed by atoms with Gasteiger partial charge in [-0.3, -0.25) is 0 Å². The van der Waals surface area contributed by atoms with E-state index in [1.807, 2.05) is 11.3 Å². The Morgan fingerprint density at radius 1 is 0.655 bits per heavy atom. The van der Waals surface area contributed by atoms with Gasteiger partial charge in [0.1, 0.15) is 0 Å². The third-order valence-corrected chi connectivity index (χ3v) is 7.91. The average Bonchev–Trinajstić information content (AvgIpc) is 2.96. The molecule has 0 bridgehead atoms. The van der Waals surface area contributed by atoms with E-state index in [-0.39, 0.29) is 6.71 Å². The first-order valence-corrected chi connectivity index (χ1v) is 11.7. The number of fused-ring (bicyclic) bond motifs is 1. The van der Waals surface area contributed by atoms with E-state index in [9.17, 15) is 0 Å². The first-order valence-electron chi connectivity index (χ1n) is 10.1. The Hall–Kier alpha value is -1.84. The lowest BCUT2D eigenvalue weighted by atomic mass is 9.36. The summed E-state index contributed by atoms with van der Waals surface area (Å²) in [6.45, 7) is 13.7. The molecule has 4 aromatic rings. The molecule has 0 aliphatic rings. The van der Waals surface area contributed by atoms with Gasteiger partial charge in [0.15, 0.2) is 0 Å². The molecule has 0 saturated carbocycles. The third-order valence-electron chi connectivity index (χ3n) is 5.92. The molecule has 146 valence electrons. The molecule has 0 nitrogen and oxygen atoms in total. The second-order valence-electron chi connectivity index (χ2n) is 8.34. The van der Waals surface area contributed by atoms with Gasteiger partial charge in [-0.1, -0.05) is 92.8 Å². The minimum Gasteiger partial charge on any atom is -0.141 e. The summed E-state index contributed by atoms with van der Waals surface area (Å²) in [5.74, 6) is 0. The Balaban J connectivity index is 2.12. The van der Waals surface area contributed by atoms with Crippen LogP contribution in [-0.4, -0.2) is 6.71 Å². The lowest BCUT2D eigenvalue weighted by Gasteiger charge is -2.24. The predicted molar refractivity (Wildman–Crippen MR) is 135 cm³/mol. The standard InChI is InChI=1S/C26H26BBrS/c1-15-11-17(3)23(18(4)12-15)27(24-19(5)13-16(2)14-20(24)6)25-21-9-7-8-10-22(21)26(28)29-25/h7-14H,1-6H3. The van der Waals surface area contributed by atoms with Crippen LogP contribution in [0.1, 0.15) is 33.4 Å². The molecule has 0 fully saturated rings. The van der Waals surface area contributed by atoms with Crippen molar-refractivity contribution in [3.8, 4) is 0 Å². The molecule has 1 heterocycles. The van der Waals surface area contributed by atoms with E-state index >= 15 is 0 Å². The van der Waals surface area contributed by atoms with Crippen LogP contribution in [0.4, 0.5) is 0 Å². The largest absolute Gasteiger partial charge is 0.255 e. The zero-order valence-electron chi connectivity index (χ0n) is 18.0. The Labute approximate surface area is 187 Å². The minimum absolute atomic E-state index is 0.234. The molecular weight excluding hydrogens is 435 g/mol. The average molecular weight is 461 g/mol. The minimum atomic E-state index is 0.234. The summed E-state index contributed by atoms with van der Waals surface area (Å²) in [7, 11) is 0. The smallest absolute Gasteiger partial charge is 0.141 e. The number of thiophene rings is 1. The van der Waals surface area contributed by atoms with Gasteiger partial charge in [-0.15, -0.1) is 11.3 Å². The van der Waals surface area contributed by atoms with Crippen LogP contribution in [0.3, 0.4) is 0 Å². The summed E-state index contributed by atoms with van der Waals surface area (Å²) in [6, 6.07) is 18.1. The van der Waals surface area contributed by atoms with Crippen molar-refractivity contribution in [2.75, 3.05) is 0 Å². The van der Waals surface area contributed by atoms with Crippen molar-refractivity contribution in [2.45, 2.75) is 41.5 Å². The van der Waals surface area contributed by atoms with Crippen LogP contribution in [0.15, 0.2) is 52.3 Å². The molecule has 3 heteroatoms. The van der Waals surface area contributed by atoms with Gasteiger partial charge in [0, 0.05) is 5.39 Å². The Kier molecular flexibility index (Phi) is 5.48.